The molecule has 1 fully saturated rings. The van der Waals surface area contributed by atoms with E-state index < -0.39 is 15.8 Å². The number of nitrogens with one attached hydrogen (secondary N) is 1. The van der Waals surface area contributed by atoms with Gasteiger partial charge in [-0.3, -0.25) is 0 Å². The Bertz CT molecular complexity index is 815. The molecule has 25 heavy (non-hydrogen) atoms. The molecular formula is C17H20FNO4S2. The Labute approximate surface area is 150 Å². The van der Waals surface area contributed by atoms with Gasteiger partial charge >= 0.3 is 0 Å². The van der Waals surface area contributed by atoms with Crippen LogP contribution in [0.2, 0.25) is 0 Å². The topological polar surface area (TPSA) is 64.6 Å². The summed E-state index contributed by atoms with van der Waals surface area (Å²) in [5.41, 5.74) is -0.306. The lowest BCUT2D eigenvalue weighted by Crippen LogP contribution is -2.44. The predicted molar refractivity (Wildman–Crippen MR) is 94.2 cm³/mol. The molecule has 1 N–H and O–H groups in total. The molecule has 0 saturated carbocycles. The standard InChI is InChI=1S/C17H20FNO4S2/c1-22-14-5-4-13(18)11-15(14)25(20,21)19-12-17(6-8-23-9-7-17)16-3-2-10-24-16/h2-5,10-11,19H,6-9,12H2,1H3. The third-order valence-electron chi connectivity index (χ3n) is 4.51. The molecule has 1 saturated heterocycles. The van der Waals surface area contributed by atoms with Crippen LogP contribution in [-0.4, -0.2) is 35.3 Å². The van der Waals surface area contributed by atoms with Crippen molar-refractivity contribution >= 4 is 21.4 Å². The number of thiophene rings is 1. The van der Waals surface area contributed by atoms with Gasteiger partial charge in [0.25, 0.3) is 0 Å². The van der Waals surface area contributed by atoms with Crippen molar-refractivity contribution in [3.63, 3.8) is 0 Å². The lowest BCUT2D eigenvalue weighted by molar-refractivity contribution is 0.0529. The molecule has 0 spiro atoms. The first kappa shape index (κ1) is 18.3. The van der Waals surface area contributed by atoms with Gasteiger partial charge in [-0.2, -0.15) is 0 Å². The molecule has 0 atom stereocenters. The molecule has 3 rings (SSSR count). The zero-order chi connectivity index (χ0) is 17.9. The molecule has 0 amide bonds. The largest absolute Gasteiger partial charge is 0.495 e. The number of sulfonamides is 1. The van der Waals surface area contributed by atoms with E-state index in [-0.39, 0.29) is 22.6 Å². The highest BCUT2D eigenvalue weighted by atomic mass is 32.2. The zero-order valence-electron chi connectivity index (χ0n) is 13.8. The van der Waals surface area contributed by atoms with Gasteiger partial charge in [0.2, 0.25) is 10.0 Å². The van der Waals surface area contributed by atoms with Crippen LogP contribution in [-0.2, 0) is 20.2 Å². The van der Waals surface area contributed by atoms with Crippen molar-refractivity contribution in [1.29, 1.82) is 0 Å². The van der Waals surface area contributed by atoms with Crippen molar-refractivity contribution in [3.05, 3.63) is 46.4 Å². The molecule has 8 heteroatoms. The number of benzene rings is 1. The molecule has 2 aromatic rings. The Balaban J connectivity index is 1.87. The van der Waals surface area contributed by atoms with Gasteiger partial charge in [-0.1, -0.05) is 6.07 Å². The first-order valence-electron chi connectivity index (χ1n) is 7.92. The van der Waals surface area contributed by atoms with Gasteiger partial charge in [0, 0.05) is 30.1 Å². The van der Waals surface area contributed by atoms with E-state index in [1.165, 1.54) is 19.2 Å². The van der Waals surface area contributed by atoms with Crippen LogP contribution in [0.25, 0.3) is 0 Å². The first-order valence-corrected chi connectivity index (χ1v) is 10.3. The molecule has 1 aliphatic rings. The SMILES string of the molecule is COc1ccc(F)cc1S(=O)(=O)NCC1(c2cccs2)CCOCC1. The molecular weight excluding hydrogens is 365 g/mol. The molecule has 1 aromatic carbocycles. The van der Waals surface area contributed by atoms with E-state index in [4.69, 9.17) is 9.47 Å². The lowest BCUT2D eigenvalue weighted by Gasteiger charge is -2.36. The van der Waals surface area contributed by atoms with E-state index in [1.807, 2.05) is 17.5 Å². The van der Waals surface area contributed by atoms with Crippen LogP contribution in [0.5, 0.6) is 5.75 Å². The summed E-state index contributed by atoms with van der Waals surface area (Å²) in [6.07, 6.45) is 1.46. The Morgan fingerprint density at radius 2 is 2.08 bits per heavy atom. The monoisotopic (exact) mass is 385 g/mol. The minimum Gasteiger partial charge on any atom is -0.495 e. The van der Waals surface area contributed by atoms with Crippen LogP contribution < -0.4 is 9.46 Å². The van der Waals surface area contributed by atoms with Crippen molar-refractivity contribution < 1.29 is 22.3 Å². The normalized spacial score (nSPS) is 17.4. The fraction of sp³-hybridized carbons (Fsp3) is 0.412. The summed E-state index contributed by atoms with van der Waals surface area (Å²) < 4.78 is 52.2. The van der Waals surface area contributed by atoms with Crippen LogP contribution in [0.4, 0.5) is 4.39 Å². The van der Waals surface area contributed by atoms with Gasteiger partial charge in [-0.05, 0) is 42.5 Å². The summed E-state index contributed by atoms with van der Waals surface area (Å²) in [6.45, 7) is 1.41. The first-order chi connectivity index (χ1) is 12.0. The number of ether oxygens (including phenoxy) is 2. The van der Waals surface area contributed by atoms with Crippen molar-refractivity contribution in [3.8, 4) is 5.75 Å². The number of hydrogen-bond acceptors (Lipinski definition) is 5. The molecule has 0 radical (unpaired) electrons. The van der Waals surface area contributed by atoms with E-state index in [0.29, 0.717) is 13.2 Å². The quantitative estimate of drug-likeness (QED) is 0.830. The fourth-order valence-corrected chi connectivity index (χ4v) is 5.32. The van der Waals surface area contributed by atoms with Gasteiger partial charge in [0.15, 0.2) is 0 Å². The Morgan fingerprint density at radius 1 is 1.32 bits per heavy atom. The molecule has 0 aliphatic carbocycles. The van der Waals surface area contributed by atoms with Crippen LogP contribution in [0.1, 0.15) is 17.7 Å². The van der Waals surface area contributed by atoms with E-state index in [0.717, 1.165) is 23.8 Å². The highest BCUT2D eigenvalue weighted by Gasteiger charge is 2.37. The van der Waals surface area contributed by atoms with E-state index >= 15 is 0 Å². The van der Waals surface area contributed by atoms with Crippen LogP contribution in [0, 0.1) is 5.82 Å². The van der Waals surface area contributed by atoms with Crippen molar-refractivity contribution in [2.24, 2.45) is 0 Å². The number of hydrogen-bond donors (Lipinski definition) is 1. The van der Waals surface area contributed by atoms with Crippen molar-refractivity contribution in [1.82, 2.24) is 4.72 Å². The Morgan fingerprint density at radius 3 is 2.72 bits per heavy atom. The highest BCUT2D eigenvalue weighted by Crippen LogP contribution is 2.37. The van der Waals surface area contributed by atoms with Crippen molar-refractivity contribution in [2.75, 3.05) is 26.9 Å². The summed E-state index contributed by atoms with van der Waals surface area (Å²) >= 11 is 1.61. The maximum absolute atomic E-state index is 13.5. The summed E-state index contributed by atoms with van der Waals surface area (Å²) in [7, 11) is -2.55. The molecule has 136 valence electrons. The predicted octanol–water partition coefficient (Wildman–Crippen LogP) is 2.92. The lowest BCUT2D eigenvalue weighted by atomic mass is 9.79. The zero-order valence-corrected chi connectivity index (χ0v) is 15.5. The molecule has 1 aromatic heterocycles. The van der Waals surface area contributed by atoms with Crippen molar-refractivity contribution in [2.45, 2.75) is 23.2 Å². The van der Waals surface area contributed by atoms with Crippen LogP contribution in [0.3, 0.4) is 0 Å². The van der Waals surface area contributed by atoms with E-state index in [9.17, 15) is 12.8 Å². The molecule has 5 nitrogen and oxygen atoms in total. The molecule has 0 bridgehead atoms. The Kier molecular flexibility index (Phi) is 5.43. The minimum atomic E-state index is -3.91. The molecule has 2 heterocycles. The average Bonchev–Trinajstić information content (AvgIpc) is 3.16. The average molecular weight is 385 g/mol. The smallest absolute Gasteiger partial charge is 0.244 e. The maximum Gasteiger partial charge on any atom is 0.244 e. The minimum absolute atomic E-state index is 0.117. The fourth-order valence-electron chi connectivity index (χ4n) is 3.02. The van der Waals surface area contributed by atoms with Gasteiger partial charge in [0.1, 0.15) is 16.5 Å². The number of halogens is 1. The third kappa shape index (κ3) is 3.87. The van der Waals surface area contributed by atoms with Gasteiger partial charge in [-0.25, -0.2) is 17.5 Å². The van der Waals surface area contributed by atoms with E-state index in [2.05, 4.69) is 4.72 Å². The summed E-state index contributed by atoms with van der Waals surface area (Å²) in [5, 5.41) is 1.98. The van der Waals surface area contributed by atoms with Gasteiger partial charge in [0.05, 0.1) is 7.11 Å². The third-order valence-corrected chi connectivity index (χ3v) is 7.05. The van der Waals surface area contributed by atoms with Crippen LogP contribution >= 0.6 is 11.3 Å². The summed E-state index contributed by atoms with van der Waals surface area (Å²) in [5.74, 6) is -0.508. The number of methoxy groups -OCH3 is 1. The molecule has 0 unspecified atom stereocenters. The summed E-state index contributed by atoms with van der Waals surface area (Å²) in [4.78, 5) is 0.938. The van der Waals surface area contributed by atoms with E-state index in [1.54, 1.807) is 11.3 Å². The van der Waals surface area contributed by atoms with Gasteiger partial charge in [-0.15, -0.1) is 11.3 Å². The second-order valence-corrected chi connectivity index (χ2v) is 8.67. The van der Waals surface area contributed by atoms with Crippen LogP contribution in [0.15, 0.2) is 40.6 Å². The second-order valence-electron chi connectivity index (χ2n) is 5.99. The van der Waals surface area contributed by atoms with Gasteiger partial charge < -0.3 is 9.47 Å². The maximum atomic E-state index is 13.5. The highest BCUT2D eigenvalue weighted by molar-refractivity contribution is 7.89. The Hall–Kier alpha value is -1.48. The number of rotatable bonds is 6. The summed E-state index contributed by atoms with van der Waals surface area (Å²) in [6, 6.07) is 7.44. The second kappa shape index (κ2) is 7.41. The molecule has 1 aliphatic heterocycles.